The van der Waals surface area contributed by atoms with Crippen molar-refractivity contribution < 1.29 is 4.79 Å². The summed E-state index contributed by atoms with van der Waals surface area (Å²) in [5, 5.41) is 2.61. The number of hydrogen-bond donors (Lipinski definition) is 1. The highest BCUT2D eigenvalue weighted by molar-refractivity contribution is 6.04. The lowest BCUT2D eigenvalue weighted by Gasteiger charge is -2.27. The van der Waals surface area contributed by atoms with Gasteiger partial charge in [0.2, 0.25) is 5.91 Å². The standard InChI is InChI=1S/C10H15N3O/c1-7(2)13-6-5-10(11-8(13)3)12-9(4)14/h5-7H,3H2,1-2,4H3,(H,11,12,14). The quantitative estimate of drug-likeness (QED) is 0.680. The van der Waals surface area contributed by atoms with Gasteiger partial charge in [-0.3, -0.25) is 4.79 Å². The first-order valence-electron chi connectivity index (χ1n) is 4.52. The van der Waals surface area contributed by atoms with E-state index in [9.17, 15) is 4.79 Å². The zero-order chi connectivity index (χ0) is 10.7. The molecule has 0 saturated heterocycles. The molecule has 0 fully saturated rings. The van der Waals surface area contributed by atoms with Crippen molar-refractivity contribution >= 4 is 11.7 Å². The third kappa shape index (κ3) is 2.45. The summed E-state index contributed by atoms with van der Waals surface area (Å²) in [6.07, 6.45) is 3.63. The van der Waals surface area contributed by atoms with E-state index in [1.165, 1.54) is 6.92 Å². The highest BCUT2D eigenvalue weighted by Gasteiger charge is 2.13. The molecule has 1 aliphatic rings. The average Bonchev–Trinajstić information content (AvgIpc) is 2.01. The van der Waals surface area contributed by atoms with E-state index in [1.807, 2.05) is 11.1 Å². The van der Waals surface area contributed by atoms with E-state index in [-0.39, 0.29) is 5.91 Å². The smallest absolute Gasteiger partial charge is 0.222 e. The number of hydrogen-bond acceptors (Lipinski definition) is 3. The van der Waals surface area contributed by atoms with Crippen LogP contribution in [0.4, 0.5) is 0 Å². The third-order valence-corrected chi connectivity index (χ3v) is 1.80. The number of rotatable bonds is 1. The van der Waals surface area contributed by atoms with Crippen molar-refractivity contribution in [1.29, 1.82) is 0 Å². The maximum Gasteiger partial charge on any atom is 0.222 e. The minimum absolute atomic E-state index is 0.126. The number of nitrogens with one attached hydrogen (secondary N) is 1. The molecule has 0 radical (unpaired) electrons. The first-order valence-corrected chi connectivity index (χ1v) is 4.52. The Bertz CT molecular complexity index is 315. The molecule has 76 valence electrons. The molecule has 0 atom stereocenters. The van der Waals surface area contributed by atoms with Crippen molar-refractivity contribution in [1.82, 2.24) is 10.2 Å². The van der Waals surface area contributed by atoms with Crippen LogP contribution in [0.1, 0.15) is 20.8 Å². The fourth-order valence-electron chi connectivity index (χ4n) is 1.19. The van der Waals surface area contributed by atoms with E-state index < -0.39 is 0 Å². The van der Waals surface area contributed by atoms with E-state index in [1.54, 1.807) is 6.08 Å². The minimum atomic E-state index is -0.126. The molecule has 0 unspecified atom stereocenters. The Morgan fingerprint density at radius 3 is 2.71 bits per heavy atom. The molecule has 0 bridgehead atoms. The monoisotopic (exact) mass is 193 g/mol. The molecule has 1 heterocycles. The third-order valence-electron chi connectivity index (χ3n) is 1.80. The Balaban J connectivity index is 2.72. The predicted molar refractivity (Wildman–Crippen MR) is 56.5 cm³/mol. The Morgan fingerprint density at radius 1 is 1.64 bits per heavy atom. The van der Waals surface area contributed by atoms with Gasteiger partial charge in [0.05, 0.1) is 0 Å². The molecule has 14 heavy (non-hydrogen) atoms. The van der Waals surface area contributed by atoms with Gasteiger partial charge in [-0.05, 0) is 19.9 Å². The van der Waals surface area contributed by atoms with Crippen molar-refractivity contribution in [2.24, 2.45) is 4.99 Å². The maximum absolute atomic E-state index is 10.8. The van der Waals surface area contributed by atoms with Crippen molar-refractivity contribution in [2.45, 2.75) is 26.8 Å². The molecule has 1 aliphatic heterocycles. The molecule has 4 nitrogen and oxygen atoms in total. The van der Waals surface area contributed by atoms with Gasteiger partial charge in [0, 0.05) is 19.2 Å². The van der Waals surface area contributed by atoms with E-state index in [4.69, 9.17) is 0 Å². The molecular formula is C10H15N3O. The number of amidine groups is 1. The molecule has 4 heteroatoms. The van der Waals surface area contributed by atoms with E-state index in [2.05, 4.69) is 30.7 Å². The second kappa shape index (κ2) is 4.09. The normalized spacial score (nSPS) is 15.9. The number of nitrogens with zero attached hydrogens (tertiary/aromatic N) is 2. The summed E-state index contributed by atoms with van der Waals surface area (Å²) in [4.78, 5) is 16.9. The Hall–Kier alpha value is -1.58. The van der Waals surface area contributed by atoms with Crippen LogP contribution in [0.3, 0.4) is 0 Å². The van der Waals surface area contributed by atoms with Gasteiger partial charge in [0.25, 0.3) is 0 Å². The Kier molecular flexibility index (Phi) is 3.06. The summed E-state index contributed by atoms with van der Waals surface area (Å²) in [5.74, 6) is 1.06. The average molecular weight is 193 g/mol. The molecule has 0 aromatic heterocycles. The van der Waals surface area contributed by atoms with Gasteiger partial charge in [-0.25, -0.2) is 4.99 Å². The number of amides is 1. The van der Waals surface area contributed by atoms with Crippen LogP contribution in [0.2, 0.25) is 0 Å². The molecule has 0 aliphatic carbocycles. The lowest BCUT2D eigenvalue weighted by atomic mass is 10.3. The first kappa shape index (κ1) is 10.5. The van der Waals surface area contributed by atoms with Crippen LogP contribution in [0.5, 0.6) is 0 Å². The van der Waals surface area contributed by atoms with Crippen LogP contribution in [-0.4, -0.2) is 22.7 Å². The second-order valence-electron chi connectivity index (χ2n) is 3.41. The molecule has 1 N–H and O–H groups in total. The van der Waals surface area contributed by atoms with Crippen LogP contribution in [0.15, 0.2) is 29.7 Å². The van der Waals surface area contributed by atoms with Crippen molar-refractivity contribution in [2.75, 3.05) is 0 Å². The van der Waals surface area contributed by atoms with Crippen LogP contribution in [0.25, 0.3) is 0 Å². The maximum atomic E-state index is 10.8. The molecule has 0 saturated carbocycles. The number of carbonyl (C=O) groups is 1. The van der Waals surface area contributed by atoms with Gasteiger partial charge in [-0.15, -0.1) is 0 Å². The topological polar surface area (TPSA) is 44.7 Å². The fourth-order valence-corrected chi connectivity index (χ4v) is 1.19. The molecular weight excluding hydrogens is 178 g/mol. The number of aliphatic imine (C=N–C) groups is 1. The van der Waals surface area contributed by atoms with Crippen LogP contribution in [-0.2, 0) is 4.79 Å². The predicted octanol–water partition coefficient (Wildman–Crippen LogP) is 1.23. The highest BCUT2D eigenvalue weighted by Crippen LogP contribution is 2.13. The summed E-state index contributed by atoms with van der Waals surface area (Å²) in [6.45, 7) is 9.36. The summed E-state index contributed by atoms with van der Waals surface area (Å²) in [7, 11) is 0. The zero-order valence-corrected chi connectivity index (χ0v) is 8.74. The Labute approximate surface area is 84.0 Å². The van der Waals surface area contributed by atoms with Gasteiger partial charge < -0.3 is 10.2 Å². The zero-order valence-electron chi connectivity index (χ0n) is 8.74. The fraction of sp³-hybridized carbons (Fsp3) is 0.400. The van der Waals surface area contributed by atoms with Gasteiger partial charge in [0.1, 0.15) is 11.7 Å². The second-order valence-corrected chi connectivity index (χ2v) is 3.41. The van der Waals surface area contributed by atoms with Gasteiger partial charge in [0.15, 0.2) is 0 Å². The summed E-state index contributed by atoms with van der Waals surface area (Å²) in [6, 6.07) is 0.321. The summed E-state index contributed by atoms with van der Waals surface area (Å²) >= 11 is 0. The molecule has 0 aromatic carbocycles. The highest BCUT2D eigenvalue weighted by atomic mass is 16.1. The lowest BCUT2D eigenvalue weighted by molar-refractivity contribution is -0.117. The van der Waals surface area contributed by atoms with Crippen LogP contribution in [0, 0.1) is 0 Å². The van der Waals surface area contributed by atoms with Crippen LogP contribution < -0.4 is 5.32 Å². The van der Waals surface area contributed by atoms with Crippen LogP contribution >= 0.6 is 0 Å². The molecule has 1 rings (SSSR count). The van der Waals surface area contributed by atoms with E-state index in [0.717, 1.165) is 0 Å². The van der Waals surface area contributed by atoms with Crippen molar-refractivity contribution in [3.63, 3.8) is 0 Å². The minimum Gasteiger partial charge on any atom is -0.331 e. The number of carbonyl (C=O) groups excluding carboxylic acids is 1. The van der Waals surface area contributed by atoms with Crippen molar-refractivity contribution in [3.8, 4) is 0 Å². The summed E-state index contributed by atoms with van der Waals surface area (Å²) in [5.41, 5.74) is 0. The van der Waals surface area contributed by atoms with Crippen molar-refractivity contribution in [3.05, 3.63) is 24.7 Å². The summed E-state index contributed by atoms with van der Waals surface area (Å²) < 4.78 is 0. The lowest BCUT2D eigenvalue weighted by Crippen LogP contribution is -2.33. The molecule has 0 aromatic rings. The Morgan fingerprint density at radius 2 is 2.29 bits per heavy atom. The van der Waals surface area contributed by atoms with E-state index in [0.29, 0.717) is 17.7 Å². The molecule has 1 amide bonds. The van der Waals surface area contributed by atoms with Gasteiger partial charge >= 0.3 is 0 Å². The van der Waals surface area contributed by atoms with E-state index >= 15 is 0 Å². The SMILES string of the molecule is C=C1N=C(NC(C)=O)C=CN1C(C)C. The first-order chi connectivity index (χ1) is 6.50. The molecule has 0 spiro atoms. The largest absolute Gasteiger partial charge is 0.331 e. The van der Waals surface area contributed by atoms with Gasteiger partial charge in [-0.2, -0.15) is 0 Å². The van der Waals surface area contributed by atoms with Gasteiger partial charge in [-0.1, -0.05) is 6.58 Å².